The van der Waals surface area contributed by atoms with Crippen LogP contribution in [0.15, 0.2) is 59.5 Å². The number of nitro groups is 1. The summed E-state index contributed by atoms with van der Waals surface area (Å²) in [6.45, 7) is 0.360. The van der Waals surface area contributed by atoms with E-state index in [1.165, 1.54) is 12.1 Å². The monoisotopic (exact) mass is 310 g/mol. The Hall–Kier alpha value is -3.15. The van der Waals surface area contributed by atoms with Gasteiger partial charge in [0, 0.05) is 23.7 Å². The average Bonchev–Trinajstić information content (AvgIpc) is 2.57. The largest absolute Gasteiger partial charge is 0.497 e. The van der Waals surface area contributed by atoms with Crippen LogP contribution >= 0.6 is 0 Å². The van der Waals surface area contributed by atoms with Crippen LogP contribution in [0.25, 0.3) is 10.8 Å². The number of nitro benzene ring substituents is 1. The number of nitrogens with zero attached hydrogens (tertiary/aromatic N) is 2. The first-order chi connectivity index (χ1) is 11.1. The van der Waals surface area contributed by atoms with Crippen LogP contribution in [-0.4, -0.2) is 16.6 Å². The van der Waals surface area contributed by atoms with Crippen molar-refractivity contribution in [2.24, 2.45) is 0 Å². The summed E-state index contributed by atoms with van der Waals surface area (Å²) in [5.41, 5.74) is 0.751. The topological polar surface area (TPSA) is 74.4 Å². The lowest BCUT2D eigenvalue weighted by atomic mass is 10.1. The Kier molecular flexibility index (Phi) is 3.80. The Labute approximate surface area is 131 Å². The normalized spacial score (nSPS) is 10.7. The molecule has 23 heavy (non-hydrogen) atoms. The van der Waals surface area contributed by atoms with Gasteiger partial charge in [0.2, 0.25) is 0 Å². The first-order valence-corrected chi connectivity index (χ1v) is 6.99. The highest BCUT2D eigenvalue weighted by Crippen LogP contribution is 2.18. The van der Waals surface area contributed by atoms with E-state index in [4.69, 9.17) is 4.74 Å². The van der Waals surface area contributed by atoms with Crippen LogP contribution in [0.3, 0.4) is 0 Å². The second-order valence-corrected chi connectivity index (χ2v) is 5.13. The maximum atomic E-state index is 12.5. The fraction of sp³-hybridized carbons (Fsp3) is 0.118. The lowest BCUT2D eigenvalue weighted by molar-refractivity contribution is -0.384. The zero-order valence-corrected chi connectivity index (χ0v) is 12.4. The van der Waals surface area contributed by atoms with Crippen LogP contribution in [0.4, 0.5) is 5.69 Å². The molecule has 0 N–H and O–H groups in total. The molecular weight excluding hydrogens is 296 g/mol. The highest BCUT2D eigenvalue weighted by molar-refractivity contribution is 5.82. The van der Waals surface area contributed by atoms with Crippen LogP contribution in [0.5, 0.6) is 5.75 Å². The Morgan fingerprint density at radius 3 is 2.52 bits per heavy atom. The molecule has 0 unspecified atom stereocenters. The molecule has 0 atom stereocenters. The molecule has 2 aromatic carbocycles. The number of hydrogen-bond acceptors (Lipinski definition) is 4. The van der Waals surface area contributed by atoms with Crippen LogP contribution in [-0.2, 0) is 6.54 Å². The number of methoxy groups -OCH3 is 1. The molecular formula is C17H14N2O4. The lowest BCUT2D eigenvalue weighted by Gasteiger charge is -2.08. The predicted molar refractivity (Wildman–Crippen MR) is 87.0 cm³/mol. The molecule has 1 heterocycles. The standard InChI is InChI=1S/C17H14N2O4/c1-23-15-6-7-16-13(10-15)8-9-18(17(16)20)11-12-2-4-14(5-3-12)19(21)22/h2-10H,11H2,1H3. The van der Waals surface area contributed by atoms with E-state index >= 15 is 0 Å². The van der Waals surface area contributed by atoms with Gasteiger partial charge in [-0.25, -0.2) is 0 Å². The fourth-order valence-corrected chi connectivity index (χ4v) is 2.44. The molecule has 6 heteroatoms. The van der Waals surface area contributed by atoms with Gasteiger partial charge < -0.3 is 9.30 Å². The van der Waals surface area contributed by atoms with Gasteiger partial charge >= 0.3 is 0 Å². The molecule has 3 aromatic rings. The van der Waals surface area contributed by atoms with E-state index in [1.807, 2.05) is 12.1 Å². The van der Waals surface area contributed by atoms with Gasteiger partial charge in [-0.3, -0.25) is 14.9 Å². The van der Waals surface area contributed by atoms with Gasteiger partial charge in [0.05, 0.1) is 18.6 Å². The van der Waals surface area contributed by atoms with Gasteiger partial charge in [-0.1, -0.05) is 12.1 Å². The average molecular weight is 310 g/mol. The van der Waals surface area contributed by atoms with Gasteiger partial charge in [-0.05, 0) is 35.2 Å². The molecule has 0 saturated heterocycles. The summed E-state index contributed by atoms with van der Waals surface area (Å²) >= 11 is 0. The van der Waals surface area contributed by atoms with Gasteiger partial charge in [0.1, 0.15) is 5.75 Å². The van der Waals surface area contributed by atoms with E-state index in [9.17, 15) is 14.9 Å². The summed E-state index contributed by atoms with van der Waals surface area (Å²) in [5.74, 6) is 0.699. The molecule has 0 aliphatic carbocycles. The lowest BCUT2D eigenvalue weighted by Crippen LogP contribution is -2.20. The van der Waals surface area contributed by atoms with Crippen molar-refractivity contribution in [1.29, 1.82) is 0 Å². The highest BCUT2D eigenvalue weighted by Gasteiger charge is 2.07. The van der Waals surface area contributed by atoms with Crippen molar-refractivity contribution in [3.63, 3.8) is 0 Å². The van der Waals surface area contributed by atoms with Crippen molar-refractivity contribution in [2.75, 3.05) is 7.11 Å². The smallest absolute Gasteiger partial charge is 0.269 e. The zero-order chi connectivity index (χ0) is 16.4. The van der Waals surface area contributed by atoms with Gasteiger partial charge in [-0.15, -0.1) is 0 Å². The van der Waals surface area contributed by atoms with E-state index in [0.717, 1.165) is 10.9 Å². The molecule has 0 bridgehead atoms. The van der Waals surface area contributed by atoms with E-state index in [0.29, 0.717) is 17.7 Å². The highest BCUT2D eigenvalue weighted by atomic mass is 16.6. The minimum absolute atomic E-state index is 0.0340. The van der Waals surface area contributed by atoms with Gasteiger partial charge in [0.15, 0.2) is 0 Å². The van der Waals surface area contributed by atoms with E-state index in [2.05, 4.69) is 0 Å². The molecule has 0 aliphatic heterocycles. The van der Waals surface area contributed by atoms with E-state index in [1.54, 1.807) is 42.1 Å². The second-order valence-electron chi connectivity index (χ2n) is 5.13. The SMILES string of the molecule is COc1ccc2c(=O)n(Cc3ccc([N+](=O)[O-])cc3)ccc2c1. The zero-order valence-electron chi connectivity index (χ0n) is 12.4. The molecule has 0 spiro atoms. The van der Waals surface area contributed by atoms with Crippen molar-refractivity contribution in [1.82, 2.24) is 4.57 Å². The first-order valence-electron chi connectivity index (χ1n) is 6.99. The fourth-order valence-electron chi connectivity index (χ4n) is 2.44. The summed E-state index contributed by atoms with van der Waals surface area (Å²) in [6.07, 6.45) is 1.71. The number of rotatable bonds is 4. The second kappa shape index (κ2) is 5.92. The molecule has 0 amide bonds. The quantitative estimate of drug-likeness (QED) is 0.548. The Bertz CT molecular complexity index is 929. The Morgan fingerprint density at radius 2 is 1.87 bits per heavy atom. The molecule has 0 fully saturated rings. The van der Waals surface area contributed by atoms with Crippen molar-refractivity contribution in [2.45, 2.75) is 6.54 Å². The number of non-ortho nitro benzene ring substituents is 1. The minimum Gasteiger partial charge on any atom is -0.497 e. The van der Waals surface area contributed by atoms with Crippen LogP contribution in [0, 0.1) is 10.1 Å². The van der Waals surface area contributed by atoms with E-state index in [-0.39, 0.29) is 11.2 Å². The molecule has 0 radical (unpaired) electrons. The number of aromatic nitrogens is 1. The first kappa shape index (κ1) is 14.8. The summed E-state index contributed by atoms with van der Waals surface area (Å²) in [4.78, 5) is 22.7. The summed E-state index contributed by atoms with van der Waals surface area (Å²) in [7, 11) is 1.58. The van der Waals surface area contributed by atoms with Gasteiger partial charge in [0.25, 0.3) is 11.2 Å². The predicted octanol–water partition coefficient (Wildman–Crippen LogP) is 2.97. The van der Waals surface area contributed by atoms with Gasteiger partial charge in [-0.2, -0.15) is 0 Å². The molecule has 1 aromatic heterocycles. The number of benzene rings is 2. The van der Waals surface area contributed by atoms with Crippen LogP contribution < -0.4 is 10.3 Å². The van der Waals surface area contributed by atoms with Crippen molar-refractivity contribution in [3.8, 4) is 5.75 Å². The molecule has 3 rings (SSSR count). The third kappa shape index (κ3) is 2.91. The maximum Gasteiger partial charge on any atom is 0.269 e. The van der Waals surface area contributed by atoms with Crippen molar-refractivity contribution < 1.29 is 9.66 Å². The van der Waals surface area contributed by atoms with Crippen molar-refractivity contribution in [3.05, 3.63) is 80.8 Å². The molecule has 0 aliphatic rings. The molecule has 116 valence electrons. The van der Waals surface area contributed by atoms with Crippen LogP contribution in [0.1, 0.15) is 5.56 Å². The Balaban J connectivity index is 1.95. The summed E-state index contributed by atoms with van der Waals surface area (Å²) in [6, 6.07) is 13.3. The van der Waals surface area contributed by atoms with Crippen LogP contribution in [0.2, 0.25) is 0 Å². The third-order valence-corrected chi connectivity index (χ3v) is 3.68. The minimum atomic E-state index is -0.445. The number of fused-ring (bicyclic) bond motifs is 1. The summed E-state index contributed by atoms with van der Waals surface area (Å²) < 4.78 is 6.73. The Morgan fingerprint density at radius 1 is 1.13 bits per heavy atom. The third-order valence-electron chi connectivity index (χ3n) is 3.68. The number of ether oxygens (including phenoxy) is 1. The van der Waals surface area contributed by atoms with E-state index < -0.39 is 4.92 Å². The van der Waals surface area contributed by atoms with Crippen molar-refractivity contribution >= 4 is 16.5 Å². The molecule has 0 saturated carbocycles. The number of pyridine rings is 1. The molecule has 6 nitrogen and oxygen atoms in total. The number of hydrogen-bond donors (Lipinski definition) is 0. The maximum absolute atomic E-state index is 12.5. The summed E-state index contributed by atoms with van der Waals surface area (Å²) in [5, 5.41) is 12.1.